The van der Waals surface area contributed by atoms with E-state index >= 15 is 0 Å². The second-order valence-corrected chi connectivity index (χ2v) is 5.50. The first kappa shape index (κ1) is 14.8. The molecule has 1 unspecified atom stereocenters. The van der Waals surface area contributed by atoms with E-state index in [1.54, 1.807) is 0 Å². The highest BCUT2D eigenvalue weighted by molar-refractivity contribution is 6.35. The molecule has 2 nitrogen and oxygen atoms in total. The van der Waals surface area contributed by atoms with Crippen molar-refractivity contribution >= 4 is 23.2 Å². The molecule has 4 heteroatoms. The Bertz CT molecular complexity index is 333. The summed E-state index contributed by atoms with van der Waals surface area (Å²) in [5.74, 6) is 0. The maximum absolute atomic E-state index is 6.19. The maximum atomic E-state index is 6.19. The third-order valence-electron chi connectivity index (χ3n) is 2.97. The third kappa shape index (κ3) is 4.84. The van der Waals surface area contributed by atoms with Crippen molar-refractivity contribution in [3.63, 3.8) is 0 Å². The summed E-state index contributed by atoms with van der Waals surface area (Å²) in [6.45, 7) is 6.49. The lowest BCUT2D eigenvalue weighted by Gasteiger charge is -2.19. The highest BCUT2D eigenvalue weighted by Crippen LogP contribution is 2.23. The first-order valence-corrected chi connectivity index (χ1v) is 6.85. The number of benzene rings is 1. The molecule has 1 atom stereocenters. The molecule has 0 bridgehead atoms. The zero-order valence-electron chi connectivity index (χ0n) is 10.8. The molecule has 0 amide bonds. The molecule has 1 aromatic rings. The molecule has 0 aliphatic rings. The van der Waals surface area contributed by atoms with Crippen molar-refractivity contribution in [3.05, 3.63) is 33.8 Å². The smallest absolute Gasteiger partial charge is 0.127 e. The van der Waals surface area contributed by atoms with Crippen molar-refractivity contribution in [2.45, 2.75) is 13.5 Å². The number of quaternary nitrogens is 2. The van der Waals surface area contributed by atoms with Gasteiger partial charge in [-0.15, -0.1) is 0 Å². The van der Waals surface area contributed by atoms with E-state index in [9.17, 15) is 0 Å². The number of hydrogen-bond donors (Lipinski definition) is 2. The summed E-state index contributed by atoms with van der Waals surface area (Å²) < 4.78 is 0. The average molecular weight is 277 g/mol. The van der Waals surface area contributed by atoms with Gasteiger partial charge in [-0.25, -0.2) is 0 Å². The van der Waals surface area contributed by atoms with Crippen LogP contribution in [0.25, 0.3) is 0 Å². The molecule has 1 rings (SSSR count). The summed E-state index contributed by atoms with van der Waals surface area (Å²) in [5, 5.41) is 1.56. The lowest BCUT2D eigenvalue weighted by molar-refractivity contribution is -0.949. The average Bonchev–Trinajstić information content (AvgIpc) is 2.27. The Morgan fingerprint density at radius 1 is 1.06 bits per heavy atom. The van der Waals surface area contributed by atoms with Crippen LogP contribution in [0, 0.1) is 0 Å². The first-order valence-electron chi connectivity index (χ1n) is 6.10. The van der Waals surface area contributed by atoms with Crippen molar-refractivity contribution in [1.29, 1.82) is 0 Å². The van der Waals surface area contributed by atoms with E-state index in [4.69, 9.17) is 23.2 Å². The Hall–Kier alpha value is -0.280. The maximum Gasteiger partial charge on any atom is 0.127 e. The minimum absolute atomic E-state index is 0.778. The standard InChI is InChI=1S/C13H20Cl2N2/c1-4-17(9-8-16(2)3)10-11-12(14)6-5-7-13(11)15/h5-7H,4,8-10H2,1-3H3/p+2. The Morgan fingerprint density at radius 2 is 1.65 bits per heavy atom. The van der Waals surface area contributed by atoms with Gasteiger partial charge in [0.1, 0.15) is 19.6 Å². The van der Waals surface area contributed by atoms with E-state index in [-0.39, 0.29) is 0 Å². The summed E-state index contributed by atoms with van der Waals surface area (Å²) in [7, 11) is 4.35. The van der Waals surface area contributed by atoms with Gasteiger partial charge < -0.3 is 9.80 Å². The van der Waals surface area contributed by atoms with Crippen molar-refractivity contribution in [2.75, 3.05) is 33.7 Å². The van der Waals surface area contributed by atoms with Crippen molar-refractivity contribution in [2.24, 2.45) is 0 Å². The van der Waals surface area contributed by atoms with E-state index in [1.165, 1.54) is 9.80 Å². The quantitative estimate of drug-likeness (QED) is 0.751. The second kappa shape index (κ2) is 7.22. The van der Waals surface area contributed by atoms with Crippen LogP contribution in [0.4, 0.5) is 0 Å². The Labute approximate surface area is 114 Å². The first-order chi connectivity index (χ1) is 8.04. The molecule has 0 aliphatic carbocycles. The molecular formula is C13H22Cl2N2+2. The highest BCUT2D eigenvalue weighted by Gasteiger charge is 2.14. The van der Waals surface area contributed by atoms with E-state index in [2.05, 4.69) is 21.0 Å². The molecule has 0 fully saturated rings. The molecule has 0 aliphatic heterocycles. The minimum atomic E-state index is 0.778. The van der Waals surface area contributed by atoms with E-state index in [0.717, 1.165) is 41.8 Å². The Morgan fingerprint density at radius 3 is 2.12 bits per heavy atom. The van der Waals surface area contributed by atoms with Gasteiger partial charge in [-0.05, 0) is 19.1 Å². The van der Waals surface area contributed by atoms with Gasteiger partial charge in [-0.1, -0.05) is 29.3 Å². The van der Waals surface area contributed by atoms with Gasteiger partial charge in [0.05, 0.1) is 30.7 Å². The van der Waals surface area contributed by atoms with Gasteiger partial charge in [0, 0.05) is 5.56 Å². The van der Waals surface area contributed by atoms with Crippen LogP contribution in [-0.4, -0.2) is 33.7 Å². The Balaban J connectivity index is 2.67. The molecule has 0 saturated carbocycles. The van der Waals surface area contributed by atoms with E-state index < -0.39 is 0 Å². The van der Waals surface area contributed by atoms with Crippen LogP contribution >= 0.6 is 23.2 Å². The number of hydrogen-bond acceptors (Lipinski definition) is 0. The van der Waals surface area contributed by atoms with Crippen LogP contribution in [-0.2, 0) is 6.54 Å². The largest absolute Gasteiger partial charge is 0.335 e. The van der Waals surface area contributed by atoms with Gasteiger partial charge in [0.2, 0.25) is 0 Å². The molecule has 0 saturated heterocycles. The number of likely N-dealkylation sites (N-methyl/N-ethyl adjacent to an activating group) is 2. The topological polar surface area (TPSA) is 8.88 Å². The van der Waals surface area contributed by atoms with Gasteiger partial charge in [0.15, 0.2) is 0 Å². The van der Waals surface area contributed by atoms with Crippen LogP contribution in [0.15, 0.2) is 18.2 Å². The zero-order chi connectivity index (χ0) is 12.8. The summed E-state index contributed by atoms with van der Waals surface area (Å²) >= 11 is 12.4. The fraction of sp³-hybridized carbons (Fsp3) is 0.538. The molecule has 0 aromatic heterocycles. The summed E-state index contributed by atoms with van der Waals surface area (Å²) in [4.78, 5) is 2.99. The van der Waals surface area contributed by atoms with Gasteiger partial charge in [-0.2, -0.15) is 0 Å². The van der Waals surface area contributed by atoms with Crippen molar-refractivity contribution in [1.82, 2.24) is 0 Å². The predicted octanol–water partition coefficient (Wildman–Crippen LogP) is 0.543. The van der Waals surface area contributed by atoms with Crippen LogP contribution < -0.4 is 9.80 Å². The highest BCUT2D eigenvalue weighted by atomic mass is 35.5. The SMILES string of the molecule is CC[NH+](CC[NH+](C)C)Cc1c(Cl)cccc1Cl. The Kier molecular flexibility index (Phi) is 6.28. The predicted molar refractivity (Wildman–Crippen MR) is 74.2 cm³/mol. The fourth-order valence-electron chi connectivity index (χ4n) is 1.77. The monoisotopic (exact) mass is 276 g/mol. The molecule has 2 N–H and O–H groups in total. The van der Waals surface area contributed by atoms with Crippen molar-refractivity contribution < 1.29 is 9.80 Å². The summed E-state index contributed by atoms with van der Waals surface area (Å²) in [5.41, 5.74) is 1.07. The molecule has 0 spiro atoms. The van der Waals surface area contributed by atoms with Crippen molar-refractivity contribution in [3.8, 4) is 0 Å². The number of rotatable bonds is 6. The fourth-order valence-corrected chi connectivity index (χ4v) is 2.30. The summed E-state index contributed by atoms with van der Waals surface area (Å²) in [6.07, 6.45) is 0. The van der Waals surface area contributed by atoms with Gasteiger partial charge in [-0.3, -0.25) is 0 Å². The number of nitrogens with one attached hydrogen (secondary N) is 2. The molecule has 17 heavy (non-hydrogen) atoms. The molecular weight excluding hydrogens is 255 g/mol. The molecule has 0 radical (unpaired) electrons. The van der Waals surface area contributed by atoms with Gasteiger partial charge >= 0.3 is 0 Å². The molecule has 0 heterocycles. The second-order valence-electron chi connectivity index (χ2n) is 4.69. The molecule has 96 valence electrons. The number of halogens is 2. The van der Waals surface area contributed by atoms with E-state index in [0.29, 0.717) is 0 Å². The molecule has 1 aromatic carbocycles. The third-order valence-corrected chi connectivity index (χ3v) is 3.68. The van der Waals surface area contributed by atoms with Crippen LogP contribution in [0.2, 0.25) is 10.0 Å². The van der Waals surface area contributed by atoms with Crippen LogP contribution in [0.1, 0.15) is 12.5 Å². The summed E-state index contributed by atoms with van der Waals surface area (Å²) in [6, 6.07) is 5.71. The lowest BCUT2D eigenvalue weighted by atomic mass is 10.2. The normalized spacial score (nSPS) is 13.1. The van der Waals surface area contributed by atoms with E-state index in [1.807, 2.05) is 18.2 Å². The minimum Gasteiger partial charge on any atom is -0.335 e. The van der Waals surface area contributed by atoms with Gasteiger partial charge in [0.25, 0.3) is 0 Å². The van der Waals surface area contributed by atoms with Crippen LogP contribution in [0.3, 0.4) is 0 Å². The van der Waals surface area contributed by atoms with Crippen LogP contribution in [0.5, 0.6) is 0 Å². The zero-order valence-corrected chi connectivity index (χ0v) is 12.3. The lowest BCUT2D eigenvalue weighted by Crippen LogP contribution is -3.17.